The Hall–Kier alpha value is -2.76. The molecule has 1 aliphatic heterocycles. The fourth-order valence-electron chi connectivity index (χ4n) is 2.97. The normalized spacial score (nSPS) is 14.1. The van der Waals surface area contributed by atoms with Crippen LogP contribution in [0.15, 0.2) is 34.7 Å². The van der Waals surface area contributed by atoms with E-state index in [0.717, 1.165) is 11.3 Å². The summed E-state index contributed by atoms with van der Waals surface area (Å²) in [6.07, 6.45) is 0. The molecular weight excluding hydrogens is 356 g/mol. The van der Waals surface area contributed by atoms with Crippen molar-refractivity contribution >= 4 is 17.5 Å². The standard InChI is InChI=1S/C22H28N2O4/c1-14(2)11-23-21(26)19-9-7-16(28-19)12-24-17-10-15(22(3,4)5)6-8-18(17)27-13-20(24)25/h6-10,14H,11-13H2,1-5H3,(H,23,26). The summed E-state index contributed by atoms with van der Waals surface area (Å²) in [4.78, 5) is 26.3. The van der Waals surface area contributed by atoms with E-state index in [1.54, 1.807) is 17.0 Å². The average Bonchev–Trinajstić information content (AvgIpc) is 3.09. The second-order valence-corrected chi connectivity index (χ2v) is 8.57. The summed E-state index contributed by atoms with van der Waals surface area (Å²) in [5.41, 5.74) is 1.79. The first-order valence-electron chi connectivity index (χ1n) is 9.60. The number of amides is 2. The molecule has 2 amide bonds. The zero-order chi connectivity index (χ0) is 20.5. The highest BCUT2D eigenvalue weighted by Crippen LogP contribution is 2.37. The van der Waals surface area contributed by atoms with Crippen LogP contribution in [-0.2, 0) is 16.8 Å². The number of anilines is 1. The fourth-order valence-corrected chi connectivity index (χ4v) is 2.97. The van der Waals surface area contributed by atoms with Gasteiger partial charge in [0, 0.05) is 6.54 Å². The van der Waals surface area contributed by atoms with Gasteiger partial charge in [-0.15, -0.1) is 0 Å². The molecule has 1 aromatic heterocycles. The van der Waals surface area contributed by atoms with Crippen LogP contribution in [0.4, 0.5) is 5.69 Å². The number of hydrogen-bond acceptors (Lipinski definition) is 4. The smallest absolute Gasteiger partial charge is 0.287 e. The zero-order valence-electron chi connectivity index (χ0n) is 17.2. The van der Waals surface area contributed by atoms with E-state index < -0.39 is 0 Å². The first kappa shape index (κ1) is 20.0. The van der Waals surface area contributed by atoms with Gasteiger partial charge in [-0.2, -0.15) is 0 Å². The van der Waals surface area contributed by atoms with Gasteiger partial charge in [0.1, 0.15) is 11.5 Å². The van der Waals surface area contributed by atoms with E-state index in [9.17, 15) is 9.59 Å². The Kier molecular flexibility index (Phi) is 5.49. The third-order valence-corrected chi connectivity index (χ3v) is 4.64. The molecule has 0 saturated carbocycles. The van der Waals surface area contributed by atoms with E-state index in [2.05, 4.69) is 26.1 Å². The summed E-state index contributed by atoms with van der Waals surface area (Å²) in [5, 5.41) is 2.83. The molecule has 2 aromatic rings. The Bertz CT molecular complexity index is 877. The Balaban J connectivity index is 1.82. The lowest BCUT2D eigenvalue weighted by atomic mass is 9.86. The first-order valence-corrected chi connectivity index (χ1v) is 9.60. The number of ether oxygens (including phenoxy) is 1. The van der Waals surface area contributed by atoms with Crippen LogP contribution in [0.25, 0.3) is 0 Å². The minimum absolute atomic E-state index is 0.00962. The van der Waals surface area contributed by atoms with Crippen molar-refractivity contribution < 1.29 is 18.7 Å². The van der Waals surface area contributed by atoms with Crippen LogP contribution >= 0.6 is 0 Å². The molecule has 0 bridgehead atoms. The number of fused-ring (bicyclic) bond motifs is 1. The maximum atomic E-state index is 12.5. The molecule has 0 radical (unpaired) electrons. The topological polar surface area (TPSA) is 71.8 Å². The maximum Gasteiger partial charge on any atom is 0.287 e. The molecule has 6 heteroatoms. The second kappa shape index (κ2) is 7.70. The van der Waals surface area contributed by atoms with Gasteiger partial charge < -0.3 is 14.5 Å². The van der Waals surface area contributed by atoms with Gasteiger partial charge in [0.15, 0.2) is 12.4 Å². The third-order valence-electron chi connectivity index (χ3n) is 4.64. The van der Waals surface area contributed by atoms with Gasteiger partial charge in [0.05, 0.1) is 12.2 Å². The van der Waals surface area contributed by atoms with E-state index in [-0.39, 0.29) is 36.1 Å². The number of rotatable bonds is 5. The number of nitrogens with zero attached hydrogens (tertiary/aromatic N) is 1. The summed E-state index contributed by atoms with van der Waals surface area (Å²) in [6, 6.07) is 9.30. The molecule has 0 fully saturated rings. The molecule has 0 spiro atoms. The lowest BCUT2D eigenvalue weighted by Gasteiger charge is -2.30. The van der Waals surface area contributed by atoms with Gasteiger partial charge >= 0.3 is 0 Å². The van der Waals surface area contributed by atoms with Crippen molar-refractivity contribution in [3.05, 3.63) is 47.4 Å². The molecular formula is C22H28N2O4. The average molecular weight is 384 g/mol. The first-order chi connectivity index (χ1) is 13.1. The predicted octanol–water partition coefficient (Wildman–Crippen LogP) is 3.89. The Labute approximate surface area is 165 Å². The number of carbonyl (C=O) groups excluding carboxylic acids is 2. The highest BCUT2D eigenvalue weighted by Gasteiger charge is 2.28. The lowest BCUT2D eigenvalue weighted by molar-refractivity contribution is -0.121. The molecule has 3 rings (SSSR count). The monoisotopic (exact) mass is 384 g/mol. The highest BCUT2D eigenvalue weighted by molar-refractivity contribution is 5.98. The van der Waals surface area contributed by atoms with Gasteiger partial charge in [-0.05, 0) is 41.2 Å². The number of benzene rings is 1. The Morgan fingerprint density at radius 3 is 2.64 bits per heavy atom. The Morgan fingerprint density at radius 2 is 1.96 bits per heavy atom. The summed E-state index contributed by atoms with van der Waals surface area (Å²) >= 11 is 0. The van der Waals surface area contributed by atoms with Crippen molar-refractivity contribution in [2.24, 2.45) is 5.92 Å². The minimum atomic E-state index is -0.247. The van der Waals surface area contributed by atoms with Crippen molar-refractivity contribution in [2.75, 3.05) is 18.1 Å². The fraction of sp³-hybridized carbons (Fsp3) is 0.455. The van der Waals surface area contributed by atoms with E-state index in [0.29, 0.717) is 24.0 Å². The predicted molar refractivity (Wildman–Crippen MR) is 108 cm³/mol. The molecule has 6 nitrogen and oxygen atoms in total. The van der Waals surface area contributed by atoms with Crippen LogP contribution < -0.4 is 15.0 Å². The highest BCUT2D eigenvalue weighted by atomic mass is 16.5. The van der Waals surface area contributed by atoms with Crippen molar-refractivity contribution in [1.82, 2.24) is 5.32 Å². The number of nitrogens with one attached hydrogen (secondary N) is 1. The van der Waals surface area contributed by atoms with Crippen molar-refractivity contribution in [2.45, 2.75) is 46.6 Å². The van der Waals surface area contributed by atoms with Crippen LogP contribution in [-0.4, -0.2) is 25.0 Å². The van der Waals surface area contributed by atoms with Crippen LogP contribution in [0.5, 0.6) is 5.75 Å². The molecule has 1 N–H and O–H groups in total. The molecule has 1 aliphatic rings. The molecule has 0 aliphatic carbocycles. The van der Waals surface area contributed by atoms with Crippen LogP contribution in [0.2, 0.25) is 0 Å². The Morgan fingerprint density at radius 1 is 1.21 bits per heavy atom. The number of carbonyl (C=O) groups is 2. The van der Waals surface area contributed by atoms with Crippen molar-refractivity contribution in [1.29, 1.82) is 0 Å². The SMILES string of the molecule is CC(C)CNC(=O)c1ccc(CN2C(=O)COc3ccc(C(C)(C)C)cc32)o1. The summed E-state index contributed by atoms with van der Waals surface area (Å²) in [6.45, 7) is 11.3. The number of hydrogen-bond donors (Lipinski definition) is 1. The molecule has 28 heavy (non-hydrogen) atoms. The number of furan rings is 1. The summed E-state index contributed by atoms with van der Waals surface area (Å²) in [7, 11) is 0. The molecule has 0 atom stereocenters. The minimum Gasteiger partial charge on any atom is -0.482 e. The van der Waals surface area contributed by atoms with Crippen LogP contribution in [0.3, 0.4) is 0 Å². The van der Waals surface area contributed by atoms with Gasteiger partial charge in [-0.25, -0.2) is 0 Å². The molecule has 1 aromatic carbocycles. The third kappa shape index (κ3) is 4.38. The second-order valence-electron chi connectivity index (χ2n) is 8.57. The quantitative estimate of drug-likeness (QED) is 0.849. The largest absolute Gasteiger partial charge is 0.482 e. The van der Waals surface area contributed by atoms with Gasteiger partial charge in [0.2, 0.25) is 0 Å². The van der Waals surface area contributed by atoms with Gasteiger partial charge in [-0.3, -0.25) is 14.5 Å². The molecule has 0 unspecified atom stereocenters. The van der Waals surface area contributed by atoms with E-state index in [1.807, 2.05) is 32.0 Å². The van der Waals surface area contributed by atoms with Crippen molar-refractivity contribution in [3.8, 4) is 5.75 Å². The van der Waals surface area contributed by atoms with E-state index in [1.165, 1.54) is 0 Å². The summed E-state index contributed by atoms with van der Waals surface area (Å²) < 4.78 is 11.3. The van der Waals surface area contributed by atoms with Gasteiger partial charge in [0.25, 0.3) is 11.8 Å². The van der Waals surface area contributed by atoms with E-state index >= 15 is 0 Å². The van der Waals surface area contributed by atoms with Crippen LogP contribution in [0, 0.1) is 5.92 Å². The molecule has 0 saturated heterocycles. The van der Waals surface area contributed by atoms with Gasteiger partial charge in [-0.1, -0.05) is 40.7 Å². The molecule has 2 heterocycles. The van der Waals surface area contributed by atoms with E-state index in [4.69, 9.17) is 9.15 Å². The van der Waals surface area contributed by atoms with Crippen molar-refractivity contribution in [3.63, 3.8) is 0 Å². The zero-order valence-corrected chi connectivity index (χ0v) is 17.2. The lowest BCUT2D eigenvalue weighted by Crippen LogP contribution is -2.38. The molecule has 150 valence electrons. The maximum absolute atomic E-state index is 12.5. The van der Waals surface area contributed by atoms with Crippen LogP contribution in [0.1, 0.15) is 56.5 Å². The summed E-state index contributed by atoms with van der Waals surface area (Å²) in [5.74, 6) is 1.45.